The number of benzene rings is 2. The summed E-state index contributed by atoms with van der Waals surface area (Å²) in [6.07, 6.45) is -4.49. The van der Waals surface area contributed by atoms with Gasteiger partial charge in [-0.25, -0.2) is 4.79 Å². The maximum Gasteiger partial charge on any atom is 0.416 e. The van der Waals surface area contributed by atoms with E-state index in [2.05, 4.69) is 10.3 Å². The maximum absolute atomic E-state index is 12.8. The molecule has 2 aromatic carbocycles. The van der Waals surface area contributed by atoms with Gasteiger partial charge in [-0.15, -0.1) is 0 Å². The zero-order chi connectivity index (χ0) is 20.5. The first-order valence-corrected chi connectivity index (χ1v) is 8.35. The number of rotatable bonds is 4. The van der Waals surface area contributed by atoms with E-state index in [0.29, 0.717) is 5.52 Å². The normalized spacial score (nSPS) is 12.7. The summed E-state index contributed by atoms with van der Waals surface area (Å²) in [6.45, 7) is 0.961. The van der Waals surface area contributed by atoms with Gasteiger partial charge in [0, 0.05) is 0 Å². The van der Waals surface area contributed by atoms with Crippen LogP contribution in [0.4, 0.5) is 13.2 Å². The van der Waals surface area contributed by atoms with Gasteiger partial charge in [-0.1, -0.05) is 24.3 Å². The summed E-state index contributed by atoms with van der Waals surface area (Å²) in [7, 11) is 0. The van der Waals surface area contributed by atoms with E-state index in [1.54, 1.807) is 18.2 Å². The number of nitrogens with zero attached hydrogens (tertiary/aromatic N) is 1. The van der Waals surface area contributed by atoms with Crippen molar-refractivity contribution in [2.45, 2.75) is 25.7 Å². The molecule has 0 saturated carbocycles. The molecule has 146 valence electrons. The number of hydrogen-bond acceptors (Lipinski definition) is 3. The van der Waals surface area contributed by atoms with Gasteiger partial charge < -0.3 is 10.3 Å². The fraction of sp³-hybridized carbons (Fsp3) is 0.211. The van der Waals surface area contributed by atoms with Crippen LogP contribution in [0.25, 0.3) is 10.9 Å². The summed E-state index contributed by atoms with van der Waals surface area (Å²) >= 11 is 0. The third kappa shape index (κ3) is 3.98. The van der Waals surface area contributed by atoms with Crippen LogP contribution in [0, 0.1) is 0 Å². The van der Waals surface area contributed by atoms with Gasteiger partial charge in [-0.3, -0.25) is 14.2 Å². The molecule has 0 fully saturated rings. The van der Waals surface area contributed by atoms with Crippen LogP contribution >= 0.6 is 0 Å². The molecule has 0 aliphatic carbocycles. The summed E-state index contributed by atoms with van der Waals surface area (Å²) in [5.41, 5.74) is -1.59. The quantitative estimate of drug-likeness (QED) is 0.717. The number of aromatic amines is 1. The number of carbonyl (C=O) groups excluding carboxylic acids is 1. The van der Waals surface area contributed by atoms with E-state index in [1.807, 2.05) is 0 Å². The molecule has 1 aromatic heterocycles. The van der Waals surface area contributed by atoms with E-state index >= 15 is 0 Å². The minimum atomic E-state index is -4.49. The molecule has 1 heterocycles. The van der Waals surface area contributed by atoms with Crippen molar-refractivity contribution in [1.82, 2.24) is 14.9 Å². The second kappa shape index (κ2) is 7.34. The Morgan fingerprint density at radius 1 is 1.14 bits per heavy atom. The van der Waals surface area contributed by atoms with Gasteiger partial charge >= 0.3 is 11.9 Å². The number of hydrogen-bond donors (Lipinski definition) is 2. The molecule has 0 aliphatic heterocycles. The highest BCUT2D eigenvalue weighted by Crippen LogP contribution is 2.30. The smallest absolute Gasteiger partial charge is 0.348 e. The lowest BCUT2D eigenvalue weighted by Crippen LogP contribution is -2.41. The first-order chi connectivity index (χ1) is 13.2. The Hall–Kier alpha value is -3.36. The molecule has 2 N–H and O–H groups in total. The van der Waals surface area contributed by atoms with E-state index in [0.717, 1.165) is 16.7 Å². The average Bonchev–Trinajstić information content (AvgIpc) is 2.64. The number of halogens is 3. The fourth-order valence-corrected chi connectivity index (χ4v) is 2.84. The van der Waals surface area contributed by atoms with Crippen LogP contribution in [-0.2, 0) is 17.5 Å². The van der Waals surface area contributed by atoms with Crippen molar-refractivity contribution in [2.75, 3.05) is 0 Å². The molecular weight excluding hydrogens is 375 g/mol. The standard InChI is InChI=1S/C19H16F3N3O3/c1-11(12-5-4-6-13(9-12)19(20,21)22)23-16(26)10-25-17(27)14-7-2-3-8-15(14)24-18(25)28/h2-9,11H,10H2,1H3,(H,23,26)(H,24,28)/t11-/m0/s1. The van der Waals surface area contributed by atoms with Crippen LogP contribution in [-0.4, -0.2) is 15.5 Å². The predicted octanol–water partition coefficient (Wildman–Crippen LogP) is 2.59. The lowest BCUT2D eigenvalue weighted by Gasteiger charge is -2.16. The molecule has 0 radical (unpaired) electrons. The van der Waals surface area contributed by atoms with Crippen molar-refractivity contribution in [3.63, 3.8) is 0 Å². The second-order valence-corrected chi connectivity index (χ2v) is 6.28. The predicted molar refractivity (Wildman–Crippen MR) is 96.8 cm³/mol. The third-order valence-electron chi connectivity index (χ3n) is 4.28. The molecule has 0 unspecified atom stereocenters. The lowest BCUT2D eigenvalue weighted by molar-refractivity contribution is -0.137. The van der Waals surface area contributed by atoms with E-state index in [4.69, 9.17) is 0 Å². The summed E-state index contributed by atoms with van der Waals surface area (Å²) in [5.74, 6) is -0.673. The molecule has 3 aromatic rings. The first-order valence-electron chi connectivity index (χ1n) is 8.35. The van der Waals surface area contributed by atoms with E-state index < -0.39 is 41.5 Å². The number of para-hydroxylation sites is 1. The van der Waals surface area contributed by atoms with Crippen LogP contribution in [0.2, 0.25) is 0 Å². The van der Waals surface area contributed by atoms with Crippen LogP contribution in [0.15, 0.2) is 58.1 Å². The van der Waals surface area contributed by atoms with Gasteiger partial charge in [0.05, 0.1) is 22.5 Å². The molecule has 3 rings (SSSR count). The molecule has 0 saturated heterocycles. The highest BCUT2D eigenvalue weighted by atomic mass is 19.4. The minimum Gasteiger partial charge on any atom is -0.348 e. The Kier molecular flexibility index (Phi) is 5.08. The first kappa shape index (κ1) is 19.4. The van der Waals surface area contributed by atoms with Crippen LogP contribution in [0.5, 0.6) is 0 Å². The van der Waals surface area contributed by atoms with Crippen molar-refractivity contribution >= 4 is 16.8 Å². The monoisotopic (exact) mass is 391 g/mol. The minimum absolute atomic E-state index is 0.251. The van der Waals surface area contributed by atoms with Crippen molar-refractivity contribution in [3.8, 4) is 0 Å². The van der Waals surface area contributed by atoms with E-state index in [9.17, 15) is 27.6 Å². The molecule has 28 heavy (non-hydrogen) atoms. The molecule has 0 spiro atoms. The van der Waals surface area contributed by atoms with Crippen LogP contribution < -0.4 is 16.6 Å². The van der Waals surface area contributed by atoms with E-state index in [-0.39, 0.29) is 10.9 Å². The van der Waals surface area contributed by atoms with Gasteiger partial charge in [0.1, 0.15) is 6.54 Å². The Bertz CT molecular complexity index is 1150. The average molecular weight is 391 g/mol. The lowest BCUT2D eigenvalue weighted by atomic mass is 10.0. The molecule has 9 heteroatoms. The fourth-order valence-electron chi connectivity index (χ4n) is 2.84. The number of carbonyl (C=O) groups is 1. The highest BCUT2D eigenvalue weighted by Gasteiger charge is 2.30. The molecule has 0 bridgehead atoms. The summed E-state index contributed by atoms with van der Waals surface area (Å²) < 4.78 is 39.2. The zero-order valence-electron chi connectivity index (χ0n) is 14.7. The molecule has 1 amide bonds. The molecule has 6 nitrogen and oxygen atoms in total. The molecular formula is C19H16F3N3O3. The Morgan fingerprint density at radius 3 is 2.57 bits per heavy atom. The number of alkyl halides is 3. The maximum atomic E-state index is 12.8. The number of nitrogens with one attached hydrogen (secondary N) is 2. The van der Waals surface area contributed by atoms with Crippen molar-refractivity contribution in [1.29, 1.82) is 0 Å². The van der Waals surface area contributed by atoms with Gasteiger partial charge in [0.15, 0.2) is 0 Å². The van der Waals surface area contributed by atoms with Crippen LogP contribution in [0.3, 0.4) is 0 Å². The summed E-state index contributed by atoms with van der Waals surface area (Å²) in [5, 5.41) is 2.76. The Balaban J connectivity index is 1.81. The van der Waals surface area contributed by atoms with E-state index in [1.165, 1.54) is 25.1 Å². The third-order valence-corrected chi connectivity index (χ3v) is 4.28. The number of H-pyrrole nitrogens is 1. The van der Waals surface area contributed by atoms with Crippen molar-refractivity contribution in [2.24, 2.45) is 0 Å². The van der Waals surface area contributed by atoms with Gasteiger partial charge in [0.2, 0.25) is 5.91 Å². The van der Waals surface area contributed by atoms with Crippen LogP contribution in [0.1, 0.15) is 24.1 Å². The zero-order valence-corrected chi connectivity index (χ0v) is 14.7. The molecule has 1 atom stereocenters. The SMILES string of the molecule is C[C@H](NC(=O)Cn1c(=O)[nH]c2ccccc2c1=O)c1cccc(C(F)(F)F)c1. The largest absolute Gasteiger partial charge is 0.416 e. The second-order valence-electron chi connectivity index (χ2n) is 6.28. The van der Waals surface area contributed by atoms with Crippen molar-refractivity contribution < 1.29 is 18.0 Å². The molecule has 0 aliphatic rings. The highest BCUT2D eigenvalue weighted by molar-refractivity contribution is 5.79. The summed E-state index contributed by atoms with van der Waals surface area (Å²) in [4.78, 5) is 39.3. The van der Waals surface area contributed by atoms with Crippen molar-refractivity contribution in [3.05, 3.63) is 80.5 Å². The van der Waals surface area contributed by atoms with Gasteiger partial charge in [-0.05, 0) is 36.8 Å². The Labute approximate surface area is 156 Å². The van der Waals surface area contributed by atoms with Gasteiger partial charge in [-0.2, -0.15) is 13.2 Å². The van der Waals surface area contributed by atoms with Gasteiger partial charge in [0.25, 0.3) is 5.56 Å². The topological polar surface area (TPSA) is 84.0 Å². The number of amides is 1. The number of aromatic nitrogens is 2. The Morgan fingerprint density at radius 2 is 1.86 bits per heavy atom. The number of fused-ring (bicyclic) bond motifs is 1. The summed E-state index contributed by atoms with van der Waals surface area (Å²) in [6, 6.07) is 10.2.